The molecule has 0 aliphatic carbocycles. The Labute approximate surface area is 88.5 Å². The van der Waals surface area contributed by atoms with Crippen molar-refractivity contribution in [3.63, 3.8) is 0 Å². The van der Waals surface area contributed by atoms with Crippen molar-refractivity contribution in [2.24, 2.45) is 9.98 Å². The van der Waals surface area contributed by atoms with Gasteiger partial charge in [-0.05, 0) is 24.1 Å². The van der Waals surface area contributed by atoms with Crippen LogP contribution in [0.25, 0.3) is 0 Å². The van der Waals surface area contributed by atoms with E-state index in [1.54, 1.807) is 6.21 Å². The summed E-state index contributed by atoms with van der Waals surface area (Å²) >= 11 is 0. The van der Waals surface area contributed by atoms with Crippen LogP contribution in [0.5, 0.6) is 0 Å². The summed E-state index contributed by atoms with van der Waals surface area (Å²) in [4.78, 5) is 10.9. The van der Waals surface area contributed by atoms with Crippen molar-refractivity contribution < 1.29 is 0 Å². The Morgan fingerprint density at radius 1 is 1.20 bits per heavy atom. The average Bonchev–Trinajstić information content (AvgIpc) is 2.48. The quantitative estimate of drug-likeness (QED) is 0.626. The molecule has 1 aromatic rings. The maximum absolute atomic E-state index is 4.55. The number of allylic oxidation sites excluding steroid dienone is 1. The second-order valence-electron chi connectivity index (χ2n) is 3.60. The topological polar surface area (TPSA) is 28.0 Å². The highest BCUT2D eigenvalue weighted by Crippen LogP contribution is 2.23. The van der Waals surface area contributed by atoms with E-state index in [0.717, 1.165) is 24.6 Å². The Balaban J connectivity index is 2.09. The minimum atomic E-state index is 0.794. The smallest absolute Gasteiger partial charge is 0.229 e. The molecule has 0 atom stereocenters. The predicted molar refractivity (Wildman–Crippen MR) is 61.6 cm³/mol. The minimum absolute atomic E-state index is 0.794. The minimum Gasteiger partial charge on any atom is -0.317 e. The van der Waals surface area contributed by atoms with Gasteiger partial charge in [-0.25, -0.2) is 9.98 Å². The Bertz CT molecular complexity index is 472. The van der Waals surface area contributed by atoms with E-state index >= 15 is 0 Å². The van der Waals surface area contributed by atoms with E-state index in [2.05, 4.69) is 27.0 Å². The molecule has 0 N–H and O–H groups in total. The van der Waals surface area contributed by atoms with Gasteiger partial charge in [0.1, 0.15) is 0 Å². The fraction of sp³-hybridized carbons (Fsp3) is 0.167. The number of hydrogen-bond donors (Lipinski definition) is 0. The SMILES string of the molecule is C1=CN2CCc3ccccc3N=C2N=C1. The Morgan fingerprint density at radius 3 is 3.13 bits per heavy atom. The largest absolute Gasteiger partial charge is 0.317 e. The van der Waals surface area contributed by atoms with Crippen LogP contribution < -0.4 is 0 Å². The maximum atomic E-state index is 4.55. The van der Waals surface area contributed by atoms with Gasteiger partial charge in [0.25, 0.3) is 0 Å². The average molecular weight is 197 g/mol. The van der Waals surface area contributed by atoms with Crippen molar-refractivity contribution in [3.8, 4) is 0 Å². The molecule has 15 heavy (non-hydrogen) atoms. The molecule has 0 bridgehead atoms. The third-order valence-corrected chi connectivity index (χ3v) is 2.63. The molecule has 3 heteroatoms. The van der Waals surface area contributed by atoms with Crippen molar-refractivity contribution in [3.05, 3.63) is 42.1 Å². The van der Waals surface area contributed by atoms with E-state index in [0.29, 0.717) is 0 Å². The Kier molecular flexibility index (Phi) is 1.88. The molecule has 0 aromatic heterocycles. The summed E-state index contributed by atoms with van der Waals surface area (Å²) in [6, 6.07) is 8.24. The second-order valence-corrected chi connectivity index (χ2v) is 3.60. The molecule has 1 aromatic carbocycles. The standard InChI is InChI=1S/C12H11N3/c1-2-5-11-10(4-1)6-9-15-8-3-7-13-12(15)14-11/h1-5,7-8H,6,9H2. The molecule has 0 saturated carbocycles. The number of benzene rings is 1. The van der Waals surface area contributed by atoms with Gasteiger partial charge in [-0.15, -0.1) is 0 Å². The van der Waals surface area contributed by atoms with Crippen LogP contribution in [0, 0.1) is 0 Å². The first-order chi connectivity index (χ1) is 7.43. The summed E-state index contributed by atoms with van der Waals surface area (Å²) < 4.78 is 0. The number of fused-ring (bicyclic) bond motifs is 2. The van der Waals surface area contributed by atoms with Gasteiger partial charge in [0.15, 0.2) is 0 Å². The maximum Gasteiger partial charge on any atom is 0.229 e. The number of hydrogen-bond acceptors (Lipinski definition) is 3. The van der Waals surface area contributed by atoms with Crippen LogP contribution in [0.1, 0.15) is 5.56 Å². The van der Waals surface area contributed by atoms with E-state index in [1.165, 1.54) is 5.56 Å². The zero-order valence-electron chi connectivity index (χ0n) is 8.30. The molecule has 0 amide bonds. The van der Waals surface area contributed by atoms with E-state index in [-0.39, 0.29) is 0 Å². The lowest BCUT2D eigenvalue weighted by atomic mass is 10.1. The molecular formula is C12H11N3. The number of para-hydroxylation sites is 1. The molecule has 74 valence electrons. The second kappa shape index (κ2) is 3.35. The first-order valence-corrected chi connectivity index (χ1v) is 5.07. The Morgan fingerprint density at radius 2 is 2.13 bits per heavy atom. The Hall–Kier alpha value is -1.90. The van der Waals surface area contributed by atoms with Gasteiger partial charge in [-0.1, -0.05) is 18.2 Å². The molecule has 0 unspecified atom stereocenters. The van der Waals surface area contributed by atoms with Crippen molar-refractivity contribution >= 4 is 17.9 Å². The van der Waals surface area contributed by atoms with Gasteiger partial charge in [0.05, 0.1) is 5.69 Å². The van der Waals surface area contributed by atoms with Crippen LogP contribution in [0.4, 0.5) is 5.69 Å². The fourth-order valence-corrected chi connectivity index (χ4v) is 1.84. The molecule has 3 rings (SSSR count). The summed E-state index contributed by atoms with van der Waals surface area (Å²) in [6.45, 7) is 0.948. The third-order valence-electron chi connectivity index (χ3n) is 2.63. The monoisotopic (exact) mass is 197 g/mol. The van der Waals surface area contributed by atoms with Crippen LogP contribution in [0.15, 0.2) is 46.5 Å². The van der Waals surface area contributed by atoms with Gasteiger partial charge < -0.3 is 4.90 Å². The van der Waals surface area contributed by atoms with Gasteiger partial charge in [-0.2, -0.15) is 0 Å². The van der Waals surface area contributed by atoms with Crippen molar-refractivity contribution in [1.82, 2.24) is 4.90 Å². The van der Waals surface area contributed by atoms with E-state index in [1.807, 2.05) is 24.4 Å². The number of rotatable bonds is 0. The zero-order valence-corrected chi connectivity index (χ0v) is 8.30. The predicted octanol–water partition coefficient (Wildman–Crippen LogP) is 2.13. The van der Waals surface area contributed by atoms with E-state index in [4.69, 9.17) is 0 Å². The van der Waals surface area contributed by atoms with Crippen LogP contribution >= 0.6 is 0 Å². The summed E-state index contributed by atoms with van der Waals surface area (Å²) in [5, 5.41) is 0. The van der Waals surface area contributed by atoms with Crippen LogP contribution in [-0.4, -0.2) is 23.6 Å². The summed E-state index contributed by atoms with van der Waals surface area (Å²) in [5.74, 6) is 0.794. The fourth-order valence-electron chi connectivity index (χ4n) is 1.84. The van der Waals surface area contributed by atoms with Gasteiger partial charge in [0.2, 0.25) is 5.96 Å². The molecule has 0 fully saturated rings. The van der Waals surface area contributed by atoms with E-state index in [9.17, 15) is 0 Å². The molecule has 3 nitrogen and oxygen atoms in total. The highest BCUT2D eigenvalue weighted by Gasteiger charge is 2.15. The molecule has 0 radical (unpaired) electrons. The lowest BCUT2D eigenvalue weighted by Crippen LogP contribution is -2.26. The highest BCUT2D eigenvalue weighted by atomic mass is 15.3. The first kappa shape index (κ1) is 8.41. The number of nitrogens with zero attached hydrogens (tertiary/aromatic N) is 3. The van der Waals surface area contributed by atoms with Gasteiger partial charge >= 0.3 is 0 Å². The zero-order chi connectivity index (χ0) is 10.1. The van der Waals surface area contributed by atoms with Crippen LogP contribution in [0.3, 0.4) is 0 Å². The molecule has 2 aliphatic rings. The lowest BCUT2D eigenvalue weighted by Gasteiger charge is -2.18. The van der Waals surface area contributed by atoms with E-state index < -0.39 is 0 Å². The van der Waals surface area contributed by atoms with Crippen molar-refractivity contribution in [2.45, 2.75) is 6.42 Å². The van der Waals surface area contributed by atoms with Crippen LogP contribution in [-0.2, 0) is 6.42 Å². The summed E-state index contributed by atoms with van der Waals surface area (Å²) in [7, 11) is 0. The lowest BCUT2D eigenvalue weighted by molar-refractivity contribution is 0.556. The normalized spacial score (nSPS) is 17.9. The van der Waals surface area contributed by atoms with Gasteiger partial charge in [-0.3, -0.25) is 0 Å². The molecule has 0 spiro atoms. The molecule has 2 aliphatic heterocycles. The first-order valence-electron chi connectivity index (χ1n) is 5.07. The van der Waals surface area contributed by atoms with Crippen molar-refractivity contribution in [1.29, 1.82) is 0 Å². The number of aliphatic imine (C=N–C) groups is 2. The number of guanidine groups is 1. The summed E-state index contributed by atoms with van der Waals surface area (Å²) in [5.41, 5.74) is 2.34. The molecule has 0 saturated heterocycles. The third kappa shape index (κ3) is 1.46. The van der Waals surface area contributed by atoms with Gasteiger partial charge in [0, 0.05) is 19.0 Å². The summed E-state index contributed by atoms with van der Waals surface area (Å²) in [6.07, 6.45) is 6.76. The van der Waals surface area contributed by atoms with Crippen molar-refractivity contribution in [2.75, 3.05) is 6.54 Å². The molecule has 2 heterocycles. The van der Waals surface area contributed by atoms with Crippen LogP contribution in [0.2, 0.25) is 0 Å². The highest BCUT2D eigenvalue weighted by molar-refractivity contribution is 5.95. The molecular weight excluding hydrogens is 186 g/mol.